The van der Waals surface area contributed by atoms with Crippen molar-refractivity contribution in [1.82, 2.24) is 14.9 Å². The van der Waals surface area contributed by atoms with Crippen molar-refractivity contribution in [2.45, 2.75) is 39.5 Å². The van der Waals surface area contributed by atoms with E-state index in [9.17, 15) is 14.7 Å². The number of hydrogen-bond donors (Lipinski definition) is 0. The molecule has 8 heteroatoms. The summed E-state index contributed by atoms with van der Waals surface area (Å²) in [4.78, 5) is 31.5. The summed E-state index contributed by atoms with van der Waals surface area (Å²) >= 11 is 0. The molecule has 0 atom stereocenters. The molecule has 0 bridgehead atoms. The molecule has 20 heavy (non-hydrogen) atoms. The second kappa shape index (κ2) is 5.81. The quantitative estimate of drug-likeness (QED) is 0.508. The fraction of sp³-hybridized carbons (Fsp3) is 0.500. The Kier molecular flexibility index (Phi) is 4.79. The number of fused-ring (bicyclic) bond motifs is 1. The third-order valence-corrected chi connectivity index (χ3v) is 2.49. The van der Waals surface area contributed by atoms with Crippen LogP contribution in [0.1, 0.15) is 42.6 Å². The molecule has 1 amide bonds. The Labute approximate surface area is 128 Å². The van der Waals surface area contributed by atoms with Gasteiger partial charge in [-0.25, -0.2) is 14.8 Å². The number of carboxylic acid groups (broad SMARTS) is 1. The number of carbonyl (C=O) groups is 2. The van der Waals surface area contributed by atoms with Gasteiger partial charge in [-0.2, -0.15) is 0 Å². The molecule has 2 rings (SSSR count). The van der Waals surface area contributed by atoms with E-state index in [2.05, 4.69) is 9.97 Å². The van der Waals surface area contributed by atoms with Crippen molar-refractivity contribution in [2.75, 3.05) is 0 Å². The Morgan fingerprint density at radius 2 is 2.00 bits per heavy atom. The van der Waals surface area contributed by atoms with E-state index < -0.39 is 17.7 Å². The van der Waals surface area contributed by atoms with Crippen LogP contribution in [0, 0.1) is 0 Å². The molecule has 7 nitrogen and oxygen atoms in total. The van der Waals surface area contributed by atoms with Gasteiger partial charge in [0.25, 0.3) is 0 Å². The number of aromatic nitrogens is 2. The number of nitrogens with zero attached hydrogens (tertiary/aromatic N) is 3. The number of carbonyl (C=O) groups excluding carboxylic acids is 2. The molecule has 0 saturated heterocycles. The van der Waals surface area contributed by atoms with Gasteiger partial charge in [-0.3, -0.25) is 4.90 Å². The van der Waals surface area contributed by atoms with Gasteiger partial charge in [-0.1, -0.05) is 0 Å². The van der Waals surface area contributed by atoms with Crippen molar-refractivity contribution in [3.8, 4) is 0 Å². The fourth-order valence-corrected chi connectivity index (χ4v) is 1.71. The summed E-state index contributed by atoms with van der Waals surface area (Å²) in [7, 11) is 0. The standard InChI is InChI=1S/C12H15N3O4.Li/c1-12(2,3)19-11(18)15-5-7-4-13-9(10(16)17)14-8(7)6-15;/h4H,5-6H2,1-3H3,(H,16,17);/q;+1/p-1. The minimum absolute atomic E-state index is 0. The molecular weight excluding hydrogens is 257 g/mol. The summed E-state index contributed by atoms with van der Waals surface area (Å²) in [5.41, 5.74) is 0.657. The summed E-state index contributed by atoms with van der Waals surface area (Å²) in [6.45, 7) is 5.87. The van der Waals surface area contributed by atoms with Crippen molar-refractivity contribution in [1.29, 1.82) is 0 Å². The van der Waals surface area contributed by atoms with Gasteiger partial charge in [0.15, 0.2) is 5.82 Å². The molecule has 102 valence electrons. The Morgan fingerprint density at radius 1 is 1.35 bits per heavy atom. The molecule has 0 aromatic carbocycles. The maximum atomic E-state index is 11.9. The first-order chi connectivity index (χ1) is 8.76. The molecular formula is C12H14LiN3O4. The minimum Gasteiger partial charge on any atom is -0.542 e. The topological polar surface area (TPSA) is 95.5 Å². The maximum absolute atomic E-state index is 11.9. The third kappa shape index (κ3) is 3.71. The van der Waals surface area contributed by atoms with Gasteiger partial charge in [-0.05, 0) is 20.8 Å². The molecule has 0 fully saturated rings. The zero-order valence-electron chi connectivity index (χ0n) is 12.0. The number of amides is 1. The molecule has 1 aromatic heterocycles. The van der Waals surface area contributed by atoms with Gasteiger partial charge < -0.3 is 14.6 Å². The molecule has 1 aliphatic rings. The molecule has 1 aromatic rings. The van der Waals surface area contributed by atoms with E-state index in [1.54, 1.807) is 20.8 Å². The van der Waals surface area contributed by atoms with E-state index in [0.717, 1.165) is 5.56 Å². The van der Waals surface area contributed by atoms with Crippen molar-refractivity contribution in [3.05, 3.63) is 23.3 Å². The van der Waals surface area contributed by atoms with Gasteiger partial charge in [0.1, 0.15) is 11.6 Å². The third-order valence-electron chi connectivity index (χ3n) is 2.49. The van der Waals surface area contributed by atoms with E-state index in [4.69, 9.17) is 4.74 Å². The molecule has 0 unspecified atom stereocenters. The molecule has 0 saturated carbocycles. The van der Waals surface area contributed by atoms with Crippen LogP contribution in [0.5, 0.6) is 0 Å². The number of aromatic carboxylic acids is 1. The van der Waals surface area contributed by atoms with Crippen LogP contribution in [0.3, 0.4) is 0 Å². The van der Waals surface area contributed by atoms with Gasteiger partial charge in [0, 0.05) is 11.8 Å². The summed E-state index contributed by atoms with van der Waals surface area (Å²) in [6, 6.07) is 0. The average molecular weight is 271 g/mol. The summed E-state index contributed by atoms with van der Waals surface area (Å²) in [6.07, 6.45) is 0.943. The van der Waals surface area contributed by atoms with Crippen molar-refractivity contribution < 1.29 is 38.3 Å². The van der Waals surface area contributed by atoms with E-state index in [1.165, 1.54) is 11.1 Å². The van der Waals surface area contributed by atoms with Crippen molar-refractivity contribution >= 4 is 12.1 Å². The number of ether oxygens (including phenoxy) is 1. The zero-order valence-corrected chi connectivity index (χ0v) is 12.0. The van der Waals surface area contributed by atoms with E-state index in [-0.39, 0.29) is 31.2 Å². The molecule has 1 aliphatic heterocycles. The zero-order chi connectivity index (χ0) is 14.2. The van der Waals surface area contributed by atoms with Gasteiger partial charge >= 0.3 is 25.0 Å². The maximum Gasteiger partial charge on any atom is 1.00 e. The van der Waals surface area contributed by atoms with Crippen LogP contribution in [-0.2, 0) is 17.8 Å². The predicted octanol–water partition coefficient (Wildman–Crippen LogP) is -2.91. The second-order valence-electron chi connectivity index (χ2n) is 5.29. The van der Waals surface area contributed by atoms with Gasteiger partial charge in [0.05, 0.1) is 18.8 Å². The van der Waals surface area contributed by atoms with E-state index in [0.29, 0.717) is 12.2 Å². The smallest absolute Gasteiger partial charge is 0.542 e. The van der Waals surface area contributed by atoms with Crippen LogP contribution in [0.2, 0.25) is 0 Å². The fourth-order valence-electron chi connectivity index (χ4n) is 1.71. The number of carboxylic acids is 1. The van der Waals surface area contributed by atoms with Crippen LogP contribution in [0.25, 0.3) is 0 Å². The Hall–Kier alpha value is -1.58. The van der Waals surface area contributed by atoms with Crippen molar-refractivity contribution in [2.24, 2.45) is 0 Å². The SMILES string of the molecule is CC(C)(C)OC(=O)N1Cc2cnc(C(=O)[O-])nc2C1.[Li+]. The normalized spacial score (nSPS) is 13.4. The summed E-state index contributed by atoms with van der Waals surface area (Å²) in [5.74, 6) is -1.80. The Morgan fingerprint density at radius 3 is 2.55 bits per heavy atom. The number of rotatable bonds is 1. The van der Waals surface area contributed by atoms with E-state index in [1.807, 2.05) is 0 Å². The van der Waals surface area contributed by atoms with Gasteiger partial charge in [-0.15, -0.1) is 0 Å². The first kappa shape index (κ1) is 16.5. The van der Waals surface area contributed by atoms with E-state index >= 15 is 0 Å². The van der Waals surface area contributed by atoms with Crippen LogP contribution in [0.4, 0.5) is 4.79 Å². The Balaban J connectivity index is 0.00000200. The Bertz CT molecular complexity index is 542. The van der Waals surface area contributed by atoms with Crippen LogP contribution < -0.4 is 24.0 Å². The first-order valence-corrected chi connectivity index (χ1v) is 5.80. The molecule has 0 spiro atoms. The first-order valence-electron chi connectivity index (χ1n) is 5.80. The molecule has 2 heterocycles. The molecule has 0 aliphatic carbocycles. The summed E-state index contributed by atoms with van der Waals surface area (Å²) in [5, 5.41) is 10.7. The molecule has 0 radical (unpaired) electrons. The molecule has 0 N–H and O–H groups in total. The number of hydrogen-bond acceptors (Lipinski definition) is 6. The minimum atomic E-state index is -1.43. The van der Waals surface area contributed by atoms with Crippen molar-refractivity contribution in [3.63, 3.8) is 0 Å². The van der Waals surface area contributed by atoms with Crippen LogP contribution in [-0.4, -0.2) is 32.5 Å². The van der Waals surface area contributed by atoms with Crippen LogP contribution in [0.15, 0.2) is 6.20 Å². The largest absolute Gasteiger partial charge is 1.00 e. The average Bonchev–Trinajstić information content (AvgIpc) is 2.68. The van der Waals surface area contributed by atoms with Gasteiger partial charge in [0.2, 0.25) is 0 Å². The predicted molar refractivity (Wildman–Crippen MR) is 61.8 cm³/mol. The summed E-state index contributed by atoms with van der Waals surface area (Å²) < 4.78 is 5.24. The second-order valence-corrected chi connectivity index (χ2v) is 5.29. The monoisotopic (exact) mass is 271 g/mol. The van der Waals surface area contributed by atoms with Crippen LogP contribution >= 0.6 is 0 Å².